The minimum atomic E-state index is -0.443. The first kappa shape index (κ1) is 22.5. The second-order valence-electron chi connectivity index (χ2n) is 8.71. The number of amides is 1. The monoisotopic (exact) mass is 412 g/mol. The zero-order valence-corrected chi connectivity index (χ0v) is 18.2. The minimum absolute atomic E-state index is 0.0278. The van der Waals surface area contributed by atoms with E-state index in [0.717, 1.165) is 51.4 Å². The maximum Gasteiger partial charge on any atom is 0.328 e. The number of ether oxygens (including phenoxy) is 1. The number of esters is 1. The average Bonchev–Trinajstić information content (AvgIpc) is 2.81. The third kappa shape index (κ3) is 6.41. The molecule has 1 amide bonds. The first-order chi connectivity index (χ1) is 14.7. The van der Waals surface area contributed by atoms with Crippen LogP contribution in [-0.4, -0.2) is 41.0 Å². The zero-order valence-electron chi connectivity index (χ0n) is 18.2. The fourth-order valence-electron chi connectivity index (χ4n) is 4.65. The average molecular weight is 413 g/mol. The van der Waals surface area contributed by atoms with Gasteiger partial charge >= 0.3 is 5.97 Å². The number of piperidine rings is 1. The van der Waals surface area contributed by atoms with Crippen LogP contribution in [0.1, 0.15) is 76.2 Å². The van der Waals surface area contributed by atoms with Crippen LogP contribution in [0.4, 0.5) is 0 Å². The molecule has 2 heterocycles. The molecule has 2 fully saturated rings. The van der Waals surface area contributed by atoms with Gasteiger partial charge in [0.25, 0.3) is 0 Å². The molecule has 3 rings (SSSR count). The molecule has 1 aromatic heterocycles. The Morgan fingerprint density at radius 3 is 2.63 bits per heavy atom. The van der Waals surface area contributed by atoms with E-state index < -0.39 is 6.04 Å². The largest absolute Gasteiger partial charge is 0.464 e. The molecular weight excluding hydrogens is 376 g/mol. The summed E-state index contributed by atoms with van der Waals surface area (Å²) in [6.45, 7) is 5.18. The Labute approximate surface area is 180 Å². The van der Waals surface area contributed by atoms with Crippen molar-refractivity contribution in [3.8, 4) is 0 Å². The van der Waals surface area contributed by atoms with Gasteiger partial charge in [0.05, 0.1) is 6.61 Å². The molecule has 0 radical (unpaired) electrons. The number of aromatic nitrogens is 1. The van der Waals surface area contributed by atoms with Crippen LogP contribution in [0.15, 0.2) is 36.7 Å². The Morgan fingerprint density at radius 1 is 1.07 bits per heavy atom. The number of carbonyl (C=O) groups excluding carboxylic acids is 2. The summed E-state index contributed by atoms with van der Waals surface area (Å²) in [6.07, 6.45) is 15.9. The highest BCUT2D eigenvalue weighted by molar-refractivity contribution is 5.96. The maximum atomic E-state index is 13.1. The molecular formula is C25H36N2O3. The third-order valence-corrected chi connectivity index (χ3v) is 6.49. The summed E-state index contributed by atoms with van der Waals surface area (Å²) in [6, 6.07) is 3.60. The minimum Gasteiger partial charge on any atom is -0.464 e. The van der Waals surface area contributed by atoms with Crippen molar-refractivity contribution < 1.29 is 14.3 Å². The first-order valence-electron chi connectivity index (χ1n) is 11.7. The van der Waals surface area contributed by atoms with Gasteiger partial charge in [-0.15, -0.1) is 0 Å². The van der Waals surface area contributed by atoms with Crippen LogP contribution in [-0.2, 0) is 20.7 Å². The molecule has 1 unspecified atom stereocenters. The molecule has 0 bridgehead atoms. The van der Waals surface area contributed by atoms with Gasteiger partial charge in [0, 0.05) is 24.5 Å². The van der Waals surface area contributed by atoms with E-state index in [2.05, 4.69) is 17.6 Å². The van der Waals surface area contributed by atoms with Gasteiger partial charge in [0.2, 0.25) is 5.91 Å². The normalized spacial score (nSPS) is 20.0. The van der Waals surface area contributed by atoms with E-state index in [1.807, 2.05) is 12.3 Å². The summed E-state index contributed by atoms with van der Waals surface area (Å²) < 4.78 is 5.56. The molecule has 2 aliphatic rings. The molecule has 1 saturated carbocycles. The highest BCUT2D eigenvalue weighted by Crippen LogP contribution is 2.31. The summed E-state index contributed by atoms with van der Waals surface area (Å²) in [5, 5.41) is 0. The third-order valence-electron chi connectivity index (χ3n) is 6.49. The van der Waals surface area contributed by atoms with Crippen LogP contribution in [0.3, 0.4) is 0 Å². The molecule has 0 spiro atoms. The summed E-state index contributed by atoms with van der Waals surface area (Å²) in [5.41, 5.74) is 1.94. The Kier molecular flexibility index (Phi) is 8.91. The zero-order chi connectivity index (χ0) is 21.2. The fourth-order valence-corrected chi connectivity index (χ4v) is 4.65. The van der Waals surface area contributed by atoms with E-state index in [1.165, 1.54) is 24.8 Å². The number of rotatable bonds is 9. The molecule has 1 saturated heterocycles. The van der Waals surface area contributed by atoms with Gasteiger partial charge < -0.3 is 9.64 Å². The second kappa shape index (κ2) is 11.9. The maximum absolute atomic E-state index is 13.1. The van der Waals surface area contributed by atoms with E-state index in [1.54, 1.807) is 11.1 Å². The van der Waals surface area contributed by atoms with E-state index in [4.69, 9.17) is 4.74 Å². The topological polar surface area (TPSA) is 59.5 Å². The number of unbranched alkanes of at least 4 members (excludes halogenated alkanes) is 2. The summed E-state index contributed by atoms with van der Waals surface area (Å²) in [7, 11) is 0. The van der Waals surface area contributed by atoms with Crippen LogP contribution in [0, 0.1) is 5.92 Å². The van der Waals surface area contributed by atoms with Crippen molar-refractivity contribution in [2.24, 2.45) is 5.92 Å². The van der Waals surface area contributed by atoms with Gasteiger partial charge in [0.1, 0.15) is 6.04 Å². The number of nitrogens with zero attached hydrogens (tertiary/aromatic N) is 2. The standard InChI is InChI=1S/C25H36N2O3/c1-20(22-13-5-2-6-14-22)24(28)27-17-8-7-15-23(27)25(29)30-18-9-3-4-11-21-12-10-16-26-19-21/h10,12,16,19,22-23H,1-9,11,13-15,17-18H2. The second-order valence-corrected chi connectivity index (χ2v) is 8.71. The molecule has 1 aliphatic carbocycles. The number of likely N-dealkylation sites (tertiary alicyclic amines) is 1. The highest BCUT2D eigenvalue weighted by atomic mass is 16.5. The van der Waals surface area contributed by atoms with Gasteiger partial charge in [0.15, 0.2) is 0 Å². The van der Waals surface area contributed by atoms with Crippen LogP contribution in [0.5, 0.6) is 0 Å². The van der Waals surface area contributed by atoms with Crippen molar-refractivity contribution in [2.45, 2.75) is 83.1 Å². The molecule has 5 heteroatoms. The number of hydrogen-bond acceptors (Lipinski definition) is 4. The van der Waals surface area contributed by atoms with Gasteiger partial charge in [-0.05, 0) is 75.3 Å². The van der Waals surface area contributed by atoms with Crippen molar-refractivity contribution in [1.82, 2.24) is 9.88 Å². The first-order valence-corrected chi connectivity index (χ1v) is 11.7. The lowest BCUT2D eigenvalue weighted by Gasteiger charge is -2.36. The van der Waals surface area contributed by atoms with E-state index >= 15 is 0 Å². The van der Waals surface area contributed by atoms with Crippen LogP contribution in [0.25, 0.3) is 0 Å². The molecule has 1 atom stereocenters. The van der Waals surface area contributed by atoms with E-state index in [-0.39, 0.29) is 17.8 Å². The lowest BCUT2D eigenvalue weighted by atomic mass is 9.83. The molecule has 0 N–H and O–H groups in total. The Bertz CT molecular complexity index is 698. The Hall–Kier alpha value is -2.17. The van der Waals surface area contributed by atoms with Crippen LogP contribution >= 0.6 is 0 Å². The van der Waals surface area contributed by atoms with Crippen molar-refractivity contribution in [3.63, 3.8) is 0 Å². The quantitative estimate of drug-likeness (QED) is 0.330. The lowest BCUT2D eigenvalue weighted by Crippen LogP contribution is -2.49. The van der Waals surface area contributed by atoms with E-state index in [0.29, 0.717) is 25.1 Å². The molecule has 1 aliphatic heterocycles. The van der Waals surface area contributed by atoms with Gasteiger partial charge in [-0.1, -0.05) is 31.9 Å². The highest BCUT2D eigenvalue weighted by Gasteiger charge is 2.35. The number of aryl methyl sites for hydroxylation is 1. The summed E-state index contributed by atoms with van der Waals surface area (Å²) in [4.78, 5) is 31.7. The predicted molar refractivity (Wildman–Crippen MR) is 118 cm³/mol. The summed E-state index contributed by atoms with van der Waals surface area (Å²) >= 11 is 0. The van der Waals surface area contributed by atoms with E-state index in [9.17, 15) is 9.59 Å². The fraction of sp³-hybridized carbons (Fsp3) is 0.640. The van der Waals surface area contributed by atoms with Crippen LogP contribution in [0.2, 0.25) is 0 Å². The molecule has 1 aromatic rings. The lowest BCUT2D eigenvalue weighted by molar-refractivity contribution is -0.156. The SMILES string of the molecule is C=C(C(=O)N1CCCCC1C(=O)OCCCCCc1cccnc1)C1CCCCC1. The van der Waals surface area contributed by atoms with Gasteiger partial charge in [-0.2, -0.15) is 0 Å². The molecule has 5 nitrogen and oxygen atoms in total. The van der Waals surface area contributed by atoms with Crippen molar-refractivity contribution >= 4 is 11.9 Å². The Morgan fingerprint density at radius 2 is 1.87 bits per heavy atom. The van der Waals surface area contributed by atoms with Crippen molar-refractivity contribution in [3.05, 3.63) is 42.2 Å². The molecule has 164 valence electrons. The van der Waals surface area contributed by atoms with Gasteiger partial charge in [-0.25, -0.2) is 4.79 Å². The van der Waals surface area contributed by atoms with Crippen LogP contribution < -0.4 is 0 Å². The van der Waals surface area contributed by atoms with Gasteiger partial charge in [-0.3, -0.25) is 9.78 Å². The number of carbonyl (C=O) groups is 2. The Balaban J connectivity index is 1.41. The smallest absolute Gasteiger partial charge is 0.328 e. The van der Waals surface area contributed by atoms with Crippen molar-refractivity contribution in [1.29, 1.82) is 0 Å². The predicted octanol–water partition coefficient (Wildman–Crippen LogP) is 4.86. The molecule has 0 aromatic carbocycles. The summed E-state index contributed by atoms with van der Waals surface area (Å²) in [5.74, 6) is 0.0106. The number of hydrogen-bond donors (Lipinski definition) is 0. The van der Waals surface area contributed by atoms with Crippen molar-refractivity contribution in [2.75, 3.05) is 13.2 Å². The number of pyridine rings is 1. The molecule has 30 heavy (non-hydrogen) atoms.